The van der Waals surface area contributed by atoms with Gasteiger partial charge in [0.1, 0.15) is 0 Å². The number of hydrogen-bond acceptors (Lipinski definition) is 3. The average molecular weight is 404 g/mol. The van der Waals surface area contributed by atoms with Crippen molar-refractivity contribution in [1.29, 1.82) is 0 Å². The molecule has 5 heteroatoms. The first kappa shape index (κ1) is 14.8. The smallest absolute Gasteiger partial charge is 0.391 e. The summed E-state index contributed by atoms with van der Waals surface area (Å²) in [4.78, 5) is 15.1. The van der Waals surface area contributed by atoms with Crippen LogP contribution in [0.2, 0.25) is 0 Å². The van der Waals surface area contributed by atoms with Crippen LogP contribution in [0.4, 0.5) is 4.79 Å². The van der Waals surface area contributed by atoms with E-state index < -0.39 is 6.09 Å². The van der Waals surface area contributed by atoms with E-state index in [2.05, 4.69) is 58.8 Å². The van der Waals surface area contributed by atoms with Gasteiger partial charge in [-0.1, -0.05) is 18.2 Å². The van der Waals surface area contributed by atoms with E-state index in [4.69, 9.17) is 10.5 Å². The maximum absolute atomic E-state index is 11.0. The molecule has 1 amide bonds. The van der Waals surface area contributed by atoms with E-state index in [1.807, 2.05) is 18.2 Å². The first-order valence-electron chi connectivity index (χ1n) is 6.67. The van der Waals surface area contributed by atoms with Crippen LogP contribution in [0.1, 0.15) is 5.56 Å². The molecule has 4 nitrogen and oxygen atoms in total. The summed E-state index contributed by atoms with van der Waals surface area (Å²) in [6.07, 6.45) is 0.729. The number of aromatic nitrogens is 1. The second-order valence-corrected chi connectivity index (χ2v) is 6.18. The number of fused-ring (bicyclic) bond motifs is 1. The summed E-state index contributed by atoms with van der Waals surface area (Å²) in [5.74, 6) is 0.232. The van der Waals surface area contributed by atoms with Gasteiger partial charge in [-0.25, -0.2) is 9.78 Å². The molecule has 22 heavy (non-hydrogen) atoms. The number of amides is 1. The largest absolute Gasteiger partial charge is 0.411 e. The molecule has 0 unspecified atom stereocenters. The molecule has 2 aromatic carbocycles. The molecule has 110 valence electrons. The summed E-state index contributed by atoms with van der Waals surface area (Å²) in [6, 6.07) is 14.2. The predicted octanol–water partition coefficient (Wildman–Crippen LogP) is 4.27. The molecular weight excluding hydrogens is 391 g/mol. The lowest BCUT2D eigenvalue weighted by Crippen LogP contribution is -2.17. The van der Waals surface area contributed by atoms with Gasteiger partial charge in [-0.2, -0.15) is 0 Å². The van der Waals surface area contributed by atoms with Crippen LogP contribution in [0.3, 0.4) is 0 Å². The van der Waals surface area contributed by atoms with Gasteiger partial charge in [0.2, 0.25) is 5.88 Å². The van der Waals surface area contributed by atoms with Crippen LogP contribution in [0.15, 0.2) is 48.7 Å². The van der Waals surface area contributed by atoms with Gasteiger partial charge in [-0.3, -0.25) is 0 Å². The number of primary amides is 1. The molecule has 0 aliphatic carbocycles. The van der Waals surface area contributed by atoms with Gasteiger partial charge in [0.05, 0.1) is 0 Å². The molecule has 0 fully saturated rings. The molecule has 0 radical (unpaired) electrons. The number of benzene rings is 2. The number of nitrogens with two attached hydrogens (primary N) is 1. The topological polar surface area (TPSA) is 65.2 Å². The molecule has 0 spiro atoms. The highest BCUT2D eigenvalue weighted by atomic mass is 127. The first-order valence-corrected chi connectivity index (χ1v) is 7.75. The van der Waals surface area contributed by atoms with Crippen molar-refractivity contribution < 1.29 is 9.53 Å². The van der Waals surface area contributed by atoms with E-state index in [0.717, 1.165) is 25.5 Å². The molecule has 2 N–H and O–H groups in total. The number of ether oxygens (including phenoxy) is 1. The summed E-state index contributed by atoms with van der Waals surface area (Å²) in [5.41, 5.74) is 8.48. The standard InChI is InChI=1S/C17H13IN2O2/c1-10-2-5-13(18)9-14(10)12-4-3-11-6-7-20-16(15(11)8-12)22-17(19)21/h2-9H,1H3,(H2,19,21). The highest BCUT2D eigenvalue weighted by molar-refractivity contribution is 14.1. The van der Waals surface area contributed by atoms with E-state index in [0.29, 0.717) is 0 Å². The lowest BCUT2D eigenvalue weighted by Gasteiger charge is -2.10. The van der Waals surface area contributed by atoms with Crippen LogP contribution in [0, 0.1) is 10.5 Å². The van der Waals surface area contributed by atoms with Crippen molar-refractivity contribution in [3.8, 4) is 17.0 Å². The Kier molecular flexibility index (Phi) is 3.98. The summed E-state index contributed by atoms with van der Waals surface area (Å²) < 4.78 is 6.16. The summed E-state index contributed by atoms with van der Waals surface area (Å²) in [6.45, 7) is 2.07. The Morgan fingerprint density at radius 1 is 1.18 bits per heavy atom. The van der Waals surface area contributed by atoms with Crippen LogP contribution in [0.5, 0.6) is 5.88 Å². The van der Waals surface area contributed by atoms with Gasteiger partial charge in [-0.15, -0.1) is 0 Å². The molecule has 0 bridgehead atoms. The van der Waals surface area contributed by atoms with Crippen molar-refractivity contribution in [3.05, 3.63) is 57.8 Å². The van der Waals surface area contributed by atoms with Crippen molar-refractivity contribution in [2.45, 2.75) is 6.92 Å². The monoisotopic (exact) mass is 404 g/mol. The molecule has 3 rings (SSSR count). The zero-order valence-electron chi connectivity index (χ0n) is 11.8. The lowest BCUT2D eigenvalue weighted by atomic mass is 9.98. The third-order valence-electron chi connectivity index (χ3n) is 3.44. The SMILES string of the molecule is Cc1ccc(I)cc1-c1ccc2ccnc(OC(N)=O)c2c1. The molecule has 0 saturated heterocycles. The molecule has 0 atom stereocenters. The lowest BCUT2D eigenvalue weighted by molar-refractivity contribution is 0.209. The van der Waals surface area contributed by atoms with Crippen molar-refractivity contribution in [3.63, 3.8) is 0 Å². The highest BCUT2D eigenvalue weighted by Crippen LogP contribution is 2.31. The van der Waals surface area contributed by atoms with Crippen LogP contribution in [0.25, 0.3) is 21.9 Å². The van der Waals surface area contributed by atoms with E-state index in [-0.39, 0.29) is 5.88 Å². The van der Waals surface area contributed by atoms with Gasteiger partial charge >= 0.3 is 6.09 Å². The highest BCUT2D eigenvalue weighted by Gasteiger charge is 2.09. The van der Waals surface area contributed by atoms with Gasteiger partial charge < -0.3 is 10.5 Å². The number of nitrogens with zero attached hydrogens (tertiary/aromatic N) is 1. The van der Waals surface area contributed by atoms with Crippen LogP contribution in [-0.2, 0) is 0 Å². The average Bonchev–Trinajstić information content (AvgIpc) is 2.49. The minimum Gasteiger partial charge on any atom is -0.391 e. The van der Waals surface area contributed by atoms with Gasteiger partial charge in [0.25, 0.3) is 0 Å². The number of carbonyl (C=O) groups excluding carboxylic acids is 1. The summed E-state index contributed by atoms with van der Waals surface area (Å²) in [7, 11) is 0. The third kappa shape index (κ3) is 2.89. The fraction of sp³-hybridized carbons (Fsp3) is 0.0588. The van der Waals surface area contributed by atoms with Crippen molar-refractivity contribution in [2.24, 2.45) is 5.73 Å². The predicted molar refractivity (Wildman–Crippen MR) is 94.8 cm³/mol. The van der Waals surface area contributed by atoms with E-state index in [1.165, 1.54) is 5.56 Å². The molecule has 1 heterocycles. The fourth-order valence-electron chi connectivity index (χ4n) is 2.39. The quantitative estimate of drug-likeness (QED) is 0.649. The minimum absolute atomic E-state index is 0.232. The molecule has 3 aromatic rings. The number of aryl methyl sites for hydroxylation is 1. The summed E-state index contributed by atoms with van der Waals surface area (Å²) >= 11 is 2.29. The fourth-order valence-corrected chi connectivity index (χ4v) is 2.88. The number of rotatable bonds is 2. The number of hydrogen-bond donors (Lipinski definition) is 1. The molecule has 0 saturated carbocycles. The second-order valence-electron chi connectivity index (χ2n) is 4.93. The zero-order valence-corrected chi connectivity index (χ0v) is 14.0. The Morgan fingerprint density at radius 2 is 2.00 bits per heavy atom. The second kappa shape index (κ2) is 5.92. The molecule has 0 aliphatic heterocycles. The van der Waals surface area contributed by atoms with Crippen LogP contribution < -0.4 is 10.5 Å². The maximum Gasteiger partial charge on any atom is 0.411 e. The number of carbonyl (C=O) groups is 1. The van der Waals surface area contributed by atoms with Gasteiger partial charge in [0.15, 0.2) is 0 Å². The summed E-state index contributed by atoms with van der Waals surface area (Å²) in [5, 5.41) is 1.70. The normalized spacial score (nSPS) is 10.6. The van der Waals surface area contributed by atoms with Crippen molar-refractivity contribution in [2.75, 3.05) is 0 Å². The Balaban J connectivity index is 2.20. The third-order valence-corrected chi connectivity index (χ3v) is 4.11. The molecule has 1 aromatic heterocycles. The minimum atomic E-state index is -0.865. The number of pyridine rings is 1. The van der Waals surface area contributed by atoms with Gasteiger partial charge in [0, 0.05) is 15.2 Å². The van der Waals surface area contributed by atoms with Crippen LogP contribution in [-0.4, -0.2) is 11.1 Å². The van der Waals surface area contributed by atoms with Gasteiger partial charge in [-0.05, 0) is 75.9 Å². The Labute approximate surface area is 141 Å². The molecular formula is C17H13IN2O2. The first-order chi connectivity index (χ1) is 10.5. The Bertz CT molecular complexity index is 878. The zero-order chi connectivity index (χ0) is 15.7. The van der Waals surface area contributed by atoms with Crippen molar-refractivity contribution in [1.82, 2.24) is 4.98 Å². The van der Waals surface area contributed by atoms with E-state index in [1.54, 1.807) is 6.20 Å². The van der Waals surface area contributed by atoms with Crippen molar-refractivity contribution >= 4 is 39.5 Å². The number of halogens is 1. The maximum atomic E-state index is 11.0. The van der Waals surface area contributed by atoms with Crippen LogP contribution >= 0.6 is 22.6 Å². The Morgan fingerprint density at radius 3 is 2.77 bits per heavy atom. The van der Waals surface area contributed by atoms with E-state index in [9.17, 15) is 4.79 Å². The Hall–Kier alpha value is -2.15. The molecule has 0 aliphatic rings. The van der Waals surface area contributed by atoms with E-state index >= 15 is 0 Å².